The molecule has 1 aliphatic rings. The maximum atomic E-state index is 15.1. The summed E-state index contributed by atoms with van der Waals surface area (Å²) in [4.78, 5) is 170. The molecule has 2 aromatic heterocycles. The van der Waals surface area contributed by atoms with Gasteiger partial charge in [-0.1, -0.05) is 82.1 Å². The second-order valence-corrected chi connectivity index (χ2v) is 21.3. The second kappa shape index (κ2) is 35.4. The van der Waals surface area contributed by atoms with Crippen LogP contribution in [0, 0.1) is 0 Å². The number of esters is 1. The third-order valence-electron chi connectivity index (χ3n) is 14.6. The van der Waals surface area contributed by atoms with E-state index in [9.17, 15) is 43.2 Å². The zero-order chi connectivity index (χ0) is 63.4. The van der Waals surface area contributed by atoms with E-state index in [0.717, 1.165) is 22.7 Å². The number of fused-ring (bicyclic) bond motifs is 1. The summed E-state index contributed by atoms with van der Waals surface area (Å²) in [6.45, 7) is 11.0. The molecule has 27 nitrogen and oxygen atoms in total. The van der Waals surface area contributed by atoms with Crippen LogP contribution >= 0.6 is 0 Å². The van der Waals surface area contributed by atoms with Crippen molar-refractivity contribution in [2.24, 2.45) is 10.7 Å². The van der Waals surface area contributed by atoms with Gasteiger partial charge in [0.2, 0.25) is 65.0 Å². The lowest BCUT2D eigenvalue weighted by atomic mass is 10.0. The number of hydrogen-bond acceptors (Lipinski definition) is 14. The number of nitrogens with zero attached hydrogens (tertiary/aromatic N) is 4. The monoisotopic (exact) mass is 1210 g/mol. The number of amides is 10. The van der Waals surface area contributed by atoms with E-state index in [-0.39, 0.29) is 77.5 Å². The normalized spacial score (nSPS) is 20.1. The molecule has 1 saturated heterocycles. The highest BCUT2D eigenvalue weighted by Crippen LogP contribution is 2.20. The number of rotatable bonds is 22. The number of para-hydroxylation sites is 1. The molecule has 0 spiro atoms. The molecular formula is C60H85N15O12. The van der Waals surface area contributed by atoms with Gasteiger partial charge >= 0.3 is 5.97 Å². The largest absolute Gasteiger partial charge is 0.463 e. The Labute approximate surface area is 506 Å². The van der Waals surface area contributed by atoms with Gasteiger partial charge in [0.25, 0.3) is 0 Å². The molecule has 1 aliphatic heterocycles. The maximum absolute atomic E-state index is 15.1. The topological polar surface area (TPSA) is 383 Å². The van der Waals surface area contributed by atoms with Gasteiger partial charge in [0, 0.05) is 88.7 Å². The minimum absolute atomic E-state index is 0.00177. The number of aliphatic imine (C=N–C) groups is 1. The van der Waals surface area contributed by atoms with E-state index < -0.39 is 120 Å². The maximum Gasteiger partial charge on any atom is 0.328 e. The molecule has 5 rings (SSSR count). The first-order chi connectivity index (χ1) is 41.7. The number of carbonyl (C=O) groups excluding carboxylic acids is 11. The van der Waals surface area contributed by atoms with Crippen molar-refractivity contribution in [1.82, 2.24) is 67.3 Å². The Kier molecular flexibility index (Phi) is 28.0. The number of likely N-dealkylation sites (N-methyl/N-ethyl adjacent to an activating group) is 1. The Hall–Kier alpha value is -9.01. The van der Waals surface area contributed by atoms with Gasteiger partial charge in [0.1, 0.15) is 48.9 Å². The van der Waals surface area contributed by atoms with Crippen LogP contribution in [0.5, 0.6) is 0 Å². The number of aromatic amines is 2. The molecule has 0 bridgehead atoms. The Balaban J connectivity index is 1.62. The quantitative estimate of drug-likeness (QED) is 0.0291. The summed E-state index contributed by atoms with van der Waals surface area (Å²) >= 11 is 0. The number of H-pyrrole nitrogens is 2. The number of unbranched alkanes of at least 4 members (excludes halogenated alkanes) is 1. The average molecular weight is 1210 g/mol. The fourth-order valence-corrected chi connectivity index (χ4v) is 9.88. The number of imidazole rings is 1. The molecule has 0 radical (unpaired) electrons. The molecule has 10 amide bonds. The van der Waals surface area contributed by atoms with Crippen LogP contribution in [0.1, 0.15) is 116 Å². The zero-order valence-corrected chi connectivity index (χ0v) is 50.5. The van der Waals surface area contributed by atoms with E-state index in [1.807, 2.05) is 49.9 Å². The molecule has 0 saturated carbocycles. The number of aromatic nitrogens is 3. The van der Waals surface area contributed by atoms with Crippen LogP contribution in [0.25, 0.3) is 10.9 Å². The van der Waals surface area contributed by atoms with E-state index in [1.54, 1.807) is 36.5 Å². The first kappa shape index (κ1) is 68.8. The number of benzene rings is 2. The number of carbonyl (C=O) groups is 11. The van der Waals surface area contributed by atoms with Crippen molar-refractivity contribution in [1.29, 1.82) is 0 Å². The molecule has 0 aliphatic carbocycles. The van der Waals surface area contributed by atoms with Crippen LogP contribution in [0.4, 0.5) is 0 Å². The Morgan fingerprint density at radius 1 is 0.747 bits per heavy atom. The van der Waals surface area contributed by atoms with Crippen molar-refractivity contribution in [3.8, 4) is 0 Å². The van der Waals surface area contributed by atoms with Crippen molar-refractivity contribution in [3.63, 3.8) is 0 Å². The molecule has 7 atom stereocenters. The molecule has 1 fully saturated rings. The van der Waals surface area contributed by atoms with Crippen LogP contribution < -0.4 is 48.3 Å². The van der Waals surface area contributed by atoms with Gasteiger partial charge in [0.15, 0.2) is 0 Å². The van der Waals surface area contributed by atoms with E-state index >= 15 is 9.59 Å². The molecular weight excluding hydrogens is 1120 g/mol. The van der Waals surface area contributed by atoms with Gasteiger partial charge in [-0.15, -0.1) is 0 Å². The lowest BCUT2D eigenvalue weighted by Crippen LogP contribution is -2.61. The van der Waals surface area contributed by atoms with Crippen LogP contribution in [0.2, 0.25) is 0 Å². The summed E-state index contributed by atoms with van der Waals surface area (Å²) in [6.07, 6.45) is 4.88. The summed E-state index contributed by atoms with van der Waals surface area (Å²) in [6, 6.07) is 5.94. The molecule has 27 heteroatoms. The summed E-state index contributed by atoms with van der Waals surface area (Å²) in [5.74, 6) is -8.82. The predicted octanol–water partition coefficient (Wildman–Crippen LogP) is 0.588. The summed E-state index contributed by atoms with van der Waals surface area (Å²) in [5.41, 5.74) is 8.35. The Morgan fingerprint density at radius 2 is 1.39 bits per heavy atom. The van der Waals surface area contributed by atoms with Gasteiger partial charge in [-0.2, -0.15) is 4.99 Å². The first-order valence-electron chi connectivity index (χ1n) is 29.6. The van der Waals surface area contributed by atoms with Crippen molar-refractivity contribution in [2.75, 3.05) is 39.3 Å². The molecule has 3 heterocycles. The van der Waals surface area contributed by atoms with E-state index in [0.29, 0.717) is 49.3 Å². The van der Waals surface area contributed by atoms with Crippen molar-refractivity contribution in [3.05, 3.63) is 90.1 Å². The second-order valence-electron chi connectivity index (χ2n) is 21.3. The third kappa shape index (κ3) is 22.7. The lowest BCUT2D eigenvalue weighted by molar-refractivity contribution is -0.149. The van der Waals surface area contributed by atoms with E-state index in [2.05, 4.69) is 62.5 Å². The Bertz CT molecular complexity index is 3000. The van der Waals surface area contributed by atoms with Gasteiger partial charge in [-0.25, -0.2) is 9.78 Å². The molecule has 0 unspecified atom stereocenters. The van der Waals surface area contributed by atoms with Crippen molar-refractivity contribution in [2.45, 2.75) is 161 Å². The summed E-state index contributed by atoms with van der Waals surface area (Å²) in [7, 11) is 0. The highest BCUT2D eigenvalue weighted by Gasteiger charge is 2.36. The van der Waals surface area contributed by atoms with E-state index in [4.69, 9.17) is 10.5 Å². The summed E-state index contributed by atoms with van der Waals surface area (Å²) in [5, 5.41) is 22.6. The van der Waals surface area contributed by atoms with Crippen molar-refractivity contribution < 1.29 is 57.5 Å². The Morgan fingerprint density at radius 3 is 2.05 bits per heavy atom. The first-order valence-corrected chi connectivity index (χ1v) is 29.6. The number of ether oxygens (including phenoxy) is 1. The minimum atomic E-state index is -1.62. The summed E-state index contributed by atoms with van der Waals surface area (Å²) < 4.78 is 5.75. The number of guanidine groups is 1. The standard InChI is InChI=1S/C60H85N15O12/c1-7-10-22-45(66-37(4)76)53(80)73-51-33-52(79)63-26-17-16-24-47(59(86)87-29-28-74(8-2)9-3)69-56(83)49(31-41-34-64-44-23-15-14-21-43(41)44)71-54(81)46(25-18-27-75(39(6)78)60(61)67-38(5)77)68-55(82)48(30-40-19-12-11-13-20-40)70-57(84)50(72-58(51)85)32-42-35-62-36-65-42/h11-15,19-21,23,34-36,45-51,64H,7-10,16-18,22,24-33H2,1-6H3,(H,62,65)(H,63,79)(H,66,76)(H,68,82)(H,69,83)(H,70,84)(H,71,81)(H,72,85)(H,73,80)(H2,61,67,77)/t45-,46-,47-,48-,49-,50-,51-/m0/s1. The van der Waals surface area contributed by atoms with Gasteiger partial charge in [-0.05, 0) is 68.8 Å². The highest BCUT2D eigenvalue weighted by molar-refractivity contribution is 6.01. The molecule has 2 aromatic carbocycles. The number of hydrogen-bond donors (Lipinski definition) is 11. The highest BCUT2D eigenvalue weighted by atomic mass is 16.5. The van der Waals surface area contributed by atoms with Crippen LogP contribution in [-0.4, -0.2) is 177 Å². The molecule has 87 heavy (non-hydrogen) atoms. The van der Waals surface area contributed by atoms with Crippen molar-refractivity contribution >= 4 is 81.9 Å². The number of nitrogens with two attached hydrogens (primary N) is 1. The molecule has 4 aromatic rings. The fraction of sp³-hybridized carbons (Fsp3) is 0.517. The van der Waals surface area contributed by atoms with Gasteiger partial charge in [0.05, 0.1) is 12.7 Å². The fourth-order valence-electron chi connectivity index (χ4n) is 9.88. The van der Waals surface area contributed by atoms with E-state index in [1.165, 1.54) is 26.4 Å². The third-order valence-corrected chi connectivity index (χ3v) is 14.6. The predicted molar refractivity (Wildman–Crippen MR) is 322 cm³/mol. The van der Waals surface area contributed by atoms with Gasteiger partial charge in [-0.3, -0.25) is 52.8 Å². The molecule has 472 valence electrons. The van der Waals surface area contributed by atoms with Crippen LogP contribution in [0.15, 0.2) is 78.3 Å². The SMILES string of the molecule is CCCC[C@H](NC(C)=O)C(=O)N[C@H]1CC(=O)NCCCC[C@@H](C(=O)OCCN(CC)CC)NC(=O)[C@H](Cc2c[nH]c3ccccc23)NC(=O)[C@H](CCCN(C(C)=O)C(N)=NC(C)=O)NC(=O)[C@H](Cc2ccccc2)NC(=O)[C@H](Cc2cnc[nH]2)NC1=O. The lowest BCUT2D eigenvalue weighted by Gasteiger charge is -2.28. The van der Waals surface area contributed by atoms with Gasteiger partial charge < -0.3 is 67.9 Å². The molecule has 12 N–H and O–H groups in total. The van der Waals surface area contributed by atoms with Crippen LogP contribution in [0.3, 0.4) is 0 Å². The van der Waals surface area contributed by atoms with Crippen LogP contribution in [-0.2, 0) is 76.7 Å². The zero-order valence-electron chi connectivity index (χ0n) is 50.5. The smallest absolute Gasteiger partial charge is 0.328 e. The minimum Gasteiger partial charge on any atom is -0.463 e. The number of nitrogens with one attached hydrogen (secondary N) is 10. The average Bonchev–Trinajstić information content (AvgIpc) is 2.64.